The predicted octanol–water partition coefficient (Wildman–Crippen LogP) is 2.78. The summed E-state index contributed by atoms with van der Waals surface area (Å²) in [6.07, 6.45) is -0.122. The lowest BCUT2D eigenvalue weighted by atomic mass is 9.85. The second-order valence-corrected chi connectivity index (χ2v) is 11.8. The Morgan fingerprint density at radius 3 is 2.68 bits per heavy atom. The van der Waals surface area contributed by atoms with Gasteiger partial charge in [-0.1, -0.05) is 35.5 Å². The first kappa shape index (κ1) is 26.2. The molecule has 1 aliphatic heterocycles. The molecule has 0 saturated carbocycles. The molecule has 0 aliphatic carbocycles. The topological polar surface area (TPSA) is 131 Å². The average molecular weight is 538 g/mol. The number of ether oxygens (including phenoxy) is 1. The van der Waals surface area contributed by atoms with Crippen LogP contribution in [0.3, 0.4) is 0 Å². The van der Waals surface area contributed by atoms with Crippen molar-refractivity contribution in [2.45, 2.75) is 56.9 Å². The first-order valence-electron chi connectivity index (χ1n) is 12.4. The number of rotatable bonds is 6. The fraction of sp³-hybridized carbons (Fsp3) is 0.370. The number of hydrogen-bond acceptors (Lipinski definition) is 8. The van der Waals surface area contributed by atoms with Crippen LogP contribution in [0.1, 0.15) is 47.1 Å². The number of pyridine rings is 1. The number of aliphatic hydroxyl groups excluding tert-OH is 1. The minimum absolute atomic E-state index is 0.0387. The molecule has 200 valence electrons. The number of aliphatic hydroxyl groups is 2. The smallest absolute Gasteiger partial charge is 0.247 e. The average Bonchev–Trinajstić information content (AvgIpc) is 3.21. The Balaban J connectivity index is 1.55. The van der Waals surface area contributed by atoms with Gasteiger partial charge in [-0.15, -0.1) is 5.10 Å². The van der Waals surface area contributed by atoms with Crippen molar-refractivity contribution in [1.82, 2.24) is 24.3 Å². The van der Waals surface area contributed by atoms with Crippen LogP contribution in [0.4, 0.5) is 0 Å². The van der Waals surface area contributed by atoms with Gasteiger partial charge in [-0.2, -0.15) is 4.31 Å². The molecule has 0 saturated heterocycles. The molecule has 2 N–H and O–H groups in total. The first-order valence-corrected chi connectivity index (χ1v) is 13.9. The van der Waals surface area contributed by atoms with Crippen molar-refractivity contribution in [3.8, 4) is 5.75 Å². The number of aromatic nitrogens is 4. The van der Waals surface area contributed by atoms with Gasteiger partial charge in [0, 0.05) is 32.1 Å². The molecule has 0 spiro atoms. The molecule has 3 heterocycles. The Labute approximate surface area is 221 Å². The maximum Gasteiger partial charge on any atom is 0.247 e. The Morgan fingerprint density at radius 2 is 1.92 bits per heavy atom. The molecule has 0 amide bonds. The molecule has 4 aromatic rings. The van der Waals surface area contributed by atoms with Gasteiger partial charge < -0.3 is 14.9 Å². The van der Waals surface area contributed by atoms with Crippen molar-refractivity contribution < 1.29 is 23.4 Å². The van der Waals surface area contributed by atoms with Crippen LogP contribution in [-0.4, -0.2) is 61.9 Å². The summed E-state index contributed by atoms with van der Waals surface area (Å²) < 4.78 is 36.1. The highest BCUT2D eigenvalue weighted by atomic mass is 32.2. The Hall–Kier alpha value is -3.38. The maximum atomic E-state index is 13.6. The van der Waals surface area contributed by atoms with Gasteiger partial charge in [0.1, 0.15) is 22.3 Å². The van der Waals surface area contributed by atoms with Gasteiger partial charge >= 0.3 is 0 Å². The van der Waals surface area contributed by atoms with Crippen molar-refractivity contribution in [3.63, 3.8) is 0 Å². The van der Waals surface area contributed by atoms with Gasteiger partial charge in [0.15, 0.2) is 11.9 Å². The van der Waals surface area contributed by atoms with E-state index in [4.69, 9.17) is 4.74 Å². The van der Waals surface area contributed by atoms with E-state index in [1.807, 2.05) is 39.0 Å². The lowest BCUT2D eigenvalue weighted by Crippen LogP contribution is -2.35. The summed E-state index contributed by atoms with van der Waals surface area (Å²) in [5.74, 6) is -0.0515. The largest absolute Gasteiger partial charge is 0.488 e. The summed E-state index contributed by atoms with van der Waals surface area (Å²) in [4.78, 5) is 4.67. The fourth-order valence-electron chi connectivity index (χ4n) is 5.07. The highest BCUT2D eigenvalue weighted by Crippen LogP contribution is 2.36. The van der Waals surface area contributed by atoms with E-state index in [0.717, 1.165) is 27.8 Å². The minimum Gasteiger partial charge on any atom is -0.488 e. The molecule has 2 aromatic carbocycles. The van der Waals surface area contributed by atoms with Crippen LogP contribution >= 0.6 is 0 Å². The number of benzene rings is 2. The molecule has 0 bridgehead atoms. The molecule has 38 heavy (non-hydrogen) atoms. The molecule has 2 atom stereocenters. The van der Waals surface area contributed by atoms with Gasteiger partial charge in [-0.05, 0) is 60.7 Å². The van der Waals surface area contributed by atoms with E-state index >= 15 is 0 Å². The summed E-state index contributed by atoms with van der Waals surface area (Å²) in [7, 11) is -2.03. The number of aryl methyl sites for hydroxylation is 3. The van der Waals surface area contributed by atoms with Crippen LogP contribution in [0.15, 0.2) is 53.6 Å². The van der Waals surface area contributed by atoms with Crippen LogP contribution in [0, 0.1) is 13.8 Å². The number of fused-ring (bicyclic) bond motifs is 2. The van der Waals surface area contributed by atoms with E-state index in [0.29, 0.717) is 16.9 Å². The van der Waals surface area contributed by atoms with Gasteiger partial charge in [0.2, 0.25) is 10.0 Å². The molecule has 2 aromatic heterocycles. The molecule has 0 radical (unpaired) electrons. The van der Waals surface area contributed by atoms with Crippen molar-refractivity contribution in [2.75, 3.05) is 6.54 Å². The summed E-state index contributed by atoms with van der Waals surface area (Å²) in [5.41, 5.74) is 5.52. The number of hydrogen-bond donors (Lipinski definition) is 2. The third-order valence-electron chi connectivity index (χ3n) is 7.11. The van der Waals surface area contributed by atoms with Crippen molar-refractivity contribution >= 4 is 21.2 Å². The second-order valence-electron chi connectivity index (χ2n) is 9.85. The summed E-state index contributed by atoms with van der Waals surface area (Å²) >= 11 is 0. The molecule has 1 aliphatic rings. The predicted molar refractivity (Wildman–Crippen MR) is 141 cm³/mol. The highest BCUT2D eigenvalue weighted by molar-refractivity contribution is 7.89. The van der Waals surface area contributed by atoms with Gasteiger partial charge in [-0.25, -0.2) is 18.1 Å². The Kier molecular flexibility index (Phi) is 6.95. The lowest BCUT2D eigenvalue weighted by Gasteiger charge is -2.25. The number of para-hydroxylation sites is 1. The number of sulfonamides is 1. The second kappa shape index (κ2) is 10.1. The van der Waals surface area contributed by atoms with Crippen molar-refractivity contribution in [1.29, 1.82) is 0 Å². The molecular weight excluding hydrogens is 506 g/mol. The van der Waals surface area contributed by atoms with E-state index < -0.39 is 22.2 Å². The quantitative estimate of drug-likeness (QED) is 0.359. The number of nitrogens with zero attached hydrogens (tertiary/aromatic N) is 5. The SMILES string of the molecule is Cc1ccc(C(CC(O)O)c2cnc3c(nnn3C)c2C)cc1CN1C[C@@H](C)Oc2ccccc2S1(=O)=O. The molecule has 0 fully saturated rings. The van der Waals surface area contributed by atoms with Gasteiger partial charge in [0.25, 0.3) is 0 Å². The molecule has 1 unspecified atom stereocenters. The first-order chi connectivity index (χ1) is 18.1. The molecule has 11 heteroatoms. The van der Waals surface area contributed by atoms with E-state index in [2.05, 4.69) is 15.3 Å². The van der Waals surface area contributed by atoms with Crippen LogP contribution in [0.2, 0.25) is 0 Å². The minimum atomic E-state index is -3.80. The van der Waals surface area contributed by atoms with E-state index in [-0.39, 0.29) is 30.5 Å². The Bertz CT molecular complexity index is 1600. The van der Waals surface area contributed by atoms with Crippen LogP contribution < -0.4 is 4.74 Å². The fourth-order valence-corrected chi connectivity index (χ4v) is 6.68. The van der Waals surface area contributed by atoms with Crippen LogP contribution in [-0.2, 0) is 23.6 Å². The van der Waals surface area contributed by atoms with E-state index in [9.17, 15) is 18.6 Å². The molecule has 10 nitrogen and oxygen atoms in total. The van der Waals surface area contributed by atoms with Crippen LogP contribution in [0.5, 0.6) is 5.75 Å². The maximum absolute atomic E-state index is 13.6. The monoisotopic (exact) mass is 537 g/mol. The molecular formula is C27H31N5O5S. The van der Waals surface area contributed by atoms with Gasteiger partial charge in [-0.3, -0.25) is 0 Å². The zero-order valence-electron chi connectivity index (χ0n) is 21.7. The highest BCUT2D eigenvalue weighted by Gasteiger charge is 2.33. The third-order valence-corrected chi connectivity index (χ3v) is 8.96. The Morgan fingerprint density at radius 1 is 1.16 bits per heavy atom. The summed E-state index contributed by atoms with van der Waals surface area (Å²) in [5, 5.41) is 28.2. The van der Waals surface area contributed by atoms with E-state index in [1.165, 1.54) is 4.31 Å². The summed E-state index contributed by atoms with van der Waals surface area (Å²) in [6.45, 7) is 6.06. The third kappa shape index (κ3) is 4.78. The van der Waals surface area contributed by atoms with Crippen molar-refractivity contribution in [3.05, 3.63) is 76.5 Å². The summed E-state index contributed by atoms with van der Waals surface area (Å²) in [6, 6.07) is 12.5. The zero-order chi connectivity index (χ0) is 27.2. The van der Waals surface area contributed by atoms with Crippen LogP contribution in [0.25, 0.3) is 11.2 Å². The normalized spacial score (nSPS) is 18.2. The van der Waals surface area contributed by atoms with Crippen molar-refractivity contribution in [2.24, 2.45) is 7.05 Å². The van der Waals surface area contributed by atoms with Gasteiger partial charge in [0.05, 0.1) is 6.54 Å². The zero-order valence-corrected chi connectivity index (χ0v) is 22.6. The lowest BCUT2D eigenvalue weighted by molar-refractivity contribution is -0.0477. The standard InChI is InChI=1S/C27H31N5O5S/c1-16-9-10-19(21(12-25(33)34)22-13-28-27-26(18(22)3)29-30-31(27)4)11-20(16)15-32-14-17(2)37-23-7-5-6-8-24(23)38(32,35)36/h5-11,13,17,21,25,33-34H,12,14-15H2,1-4H3/t17-,21?/m1/s1. The molecule has 5 rings (SSSR count). The van der Waals surface area contributed by atoms with E-state index in [1.54, 1.807) is 42.2 Å².